The van der Waals surface area contributed by atoms with Crippen LogP contribution in [-0.4, -0.2) is 33.1 Å². The topological polar surface area (TPSA) is 93.7 Å². The van der Waals surface area contributed by atoms with Gasteiger partial charge in [-0.3, -0.25) is 15.1 Å². The number of thiocarbonyl (C=S) groups is 1. The maximum atomic E-state index is 11.2. The van der Waals surface area contributed by atoms with Crippen molar-refractivity contribution in [3.63, 3.8) is 0 Å². The lowest BCUT2D eigenvalue weighted by molar-refractivity contribution is -0.384. The van der Waals surface area contributed by atoms with Gasteiger partial charge in [-0.1, -0.05) is 25.3 Å². The number of aromatic nitrogens is 1. The molecule has 1 N–H and O–H groups in total. The molecule has 176 valence electrons. The molecule has 2 fully saturated rings. The second-order valence-corrected chi connectivity index (χ2v) is 9.06. The Hall–Kier alpha value is -3.46. The molecule has 2 atom stereocenters. The molecule has 3 heterocycles. The number of hydrogen-bond acceptors (Lipinski definition) is 6. The van der Waals surface area contributed by atoms with Crippen LogP contribution in [0.2, 0.25) is 0 Å². The fraction of sp³-hybridized carbons (Fsp3) is 0.360. The zero-order valence-corrected chi connectivity index (χ0v) is 19.7. The predicted octanol–water partition coefficient (Wildman–Crippen LogP) is 5.56. The van der Waals surface area contributed by atoms with Gasteiger partial charge in [0.15, 0.2) is 5.11 Å². The Bertz CT molecular complexity index is 1190. The molecule has 1 aromatic carbocycles. The Labute approximate surface area is 203 Å². The maximum absolute atomic E-state index is 11.2. The first-order valence-electron chi connectivity index (χ1n) is 11.5. The van der Waals surface area contributed by atoms with Crippen LogP contribution in [0.4, 0.5) is 5.69 Å². The Morgan fingerprint density at radius 1 is 1.18 bits per heavy atom. The number of nitrogens with zero attached hydrogens (tertiary/aromatic N) is 3. The molecule has 1 aliphatic carbocycles. The van der Waals surface area contributed by atoms with Gasteiger partial charge in [0, 0.05) is 18.3 Å². The van der Waals surface area contributed by atoms with Gasteiger partial charge in [-0.15, -0.1) is 0 Å². The van der Waals surface area contributed by atoms with Crippen molar-refractivity contribution in [2.24, 2.45) is 0 Å². The number of ether oxygens (including phenoxy) is 1. The molecule has 8 nitrogen and oxygen atoms in total. The Morgan fingerprint density at radius 2 is 2.00 bits per heavy atom. The van der Waals surface area contributed by atoms with Gasteiger partial charge >= 0.3 is 0 Å². The summed E-state index contributed by atoms with van der Waals surface area (Å²) in [5.74, 6) is 1.74. The van der Waals surface area contributed by atoms with E-state index in [0.717, 1.165) is 29.4 Å². The maximum Gasteiger partial charge on any atom is 0.273 e. The van der Waals surface area contributed by atoms with Crippen molar-refractivity contribution < 1.29 is 14.1 Å². The highest BCUT2D eigenvalue weighted by molar-refractivity contribution is 7.80. The van der Waals surface area contributed by atoms with Gasteiger partial charge in [0.05, 0.1) is 35.4 Å². The van der Waals surface area contributed by atoms with Crippen molar-refractivity contribution in [3.8, 4) is 17.1 Å². The fourth-order valence-corrected chi connectivity index (χ4v) is 5.47. The first kappa shape index (κ1) is 22.3. The minimum absolute atomic E-state index is 0.0311. The smallest absolute Gasteiger partial charge is 0.273 e. The molecule has 0 spiro atoms. The molecule has 3 aromatic rings. The third-order valence-corrected chi connectivity index (χ3v) is 7.01. The highest BCUT2D eigenvalue weighted by Gasteiger charge is 2.44. The van der Waals surface area contributed by atoms with E-state index in [4.69, 9.17) is 21.4 Å². The quantitative estimate of drug-likeness (QED) is 0.279. The molecule has 2 aliphatic rings. The highest BCUT2D eigenvalue weighted by atomic mass is 32.1. The molecule has 1 saturated heterocycles. The largest absolute Gasteiger partial charge is 0.496 e. The number of rotatable bonds is 6. The summed E-state index contributed by atoms with van der Waals surface area (Å²) >= 11 is 5.82. The average Bonchev–Trinajstić information content (AvgIpc) is 3.49. The van der Waals surface area contributed by atoms with Crippen LogP contribution in [0.3, 0.4) is 0 Å². The van der Waals surface area contributed by atoms with Crippen molar-refractivity contribution in [2.45, 2.75) is 50.2 Å². The van der Waals surface area contributed by atoms with E-state index in [2.05, 4.69) is 15.2 Å². The molecule has 34 heavy (non-hydrogen) atoms. The summed E-state index contributed by atoms with van der Waals surface area (Å²) in [7, 11) is 1.49. The summed E-state index contributed by atoms with van der Waals surface area (Å²) in [6, 6.07) is 14.3. The number of nitrogens with one attached hydrogen (secondary N) is 1. The number of hydrogen-bond donors (Lipinski definition) is 1. The zero-order valence-electron chi connectivity index (χ0n) is 18.8. The van der Waals surface area contributed by atoms with Crippen LogP contribution in [0, 0.1) is 10.1 Å². The van der Waals surface area contributed by atoms with Crippen LogP contribution in [-0.2, 0) is 0 Å². The molecule has 0 bridgehead atoms. The first-order chi connectivity index (χ1) is 16.6. The van der Waals surface area contributed by atoms with Gasteiger partial charge in [-0.2, -0.15) is 0 Å². The second-order valence-electron chi connectivity index (χ2n) is 8.67. The second kappa shape index (κ2) is 9.42. The van der Waals surface area contributed by atoms with E-state index < -0.39 is 4.92 Å². The Morgan fingerprint density at radius 3 is 2.71 bits per heavy atom. The SMILES string of the molecule is COc1cc([N+](=O)[O-])ccc1-c1ccc([C@H]2[C@@H](c3ccccn3)NC(=S)N2C2CCCCC2)o1. The van der Waals surface area contributed by atoms with E-state index in [-0.39, 0.29) is 17.8 Å². The monoisotopic (exact) mass is 478 g/mol. The molecule has 2 aromatic heterocycles. The third-order valence-electron chi connectivity index (χ3n) is 6.68. The van der Waals surface area contributed by atoms with Crippen molar-refractivity contribution in [1.29, 1.82) is 0 Å². The summed E-state index contributed by atoms with van der Waals surface area (Å²) in [4.78, 5) is 17.6. The lowest BCUT2D eigenvalue weighted by atomic mass is 9.92. The number of non-ortho nitro benzene ring substituents is 1. The summed E-state index contributed by atoms with van der Waals surface area (Å²) < 4.78 is 11.8. The van der Waals surface area contributed by atoms with E-state index in [1.54, 1.807) is 12.3 Å². The number of nitro groups is 1. The highest BCUT2D eigenvalue weighted by Crippen LogP contribution is 2.44. The standard InChI is InChI=1S/C25H26N4O4S/c1-32-22-15-17(29(30)31)10-11-18(22)20-12-13-21(33-20)24-23(19-9-5-6-14-26-19)27-25(34)28(24)16-7-3-2-4-8-16/h5-6,9-16,23-24H,2-4,7-8H2,1H3,(H,27,34)/t23-,24+/m1/s1. The molecule has 0 amide bonds. The minimum atomic E-state index is -0.440. The summed E-state index contributed by atoms with van der Waals surface area (Å²) in [6.45, 7) is 0. The summed E-state index contributed by atoms with van der Waals surface area (Å²) in [6.07, 6.45) is 7.61. The molecule has 0 unspecified atom stereocenters. The van der Waals surface area contributed by atoms with Crippen molar-refractivity contribution in [1.82, 2.24) is 15.2 Å². The molecular weight excluding hydrogens is 452 g/mol. The van der Waals surface area contributed by atoms with Gasteiger partial charge in [-0.05, 0) is 55.4 Å². The third kappa shape index (κ3) is 4.11. The van der Waals surface area contributed by atoms with Crippen molar-refractivity contribution in [3.05, 3.63) is 76.3 Å². The first-order valence-corrected chi connectivity index (χ1v) is 11.9. The van der Waals surface area contributed by atoms with Crippen LogP contribution in [0.5, 0.6) is 5.75 Å². The summed E-state index contributed by atoms with van der Waals surface area (Å²) in [5.41, 5.74) is 1.53. The fourth-order valence-electron chi connectivity index (χ4n) is 5.08. The van der Waals surface area contributed by atoms with E-state index in [1.165, 1.54) is 38.5 Å². The number of pyridine rings is 1. The van der Waals surface area contributed by atoms with Crippen LogP contribution >= 0.6 is 12.2 Å². The van der Waals surface area contributed by atoms with Crippen molar-refractivity contribution in [2.75, 3.05) is 7.11 Å². The summed E-state index contributed by atoms with van der Waals surface area (Å²) in [5, 5.41) is 15.4. The zero-order chi connectivity index (χ0) is 23.7. The number of furan rings is 1. The molecule has 5 rings (SSSR count). The number of methoxy groups -OCH3 is 1. The van der Waals surface area contributed by atoms with E-state index >= 15 is 0 Å². The van der Waals surface area contributed by atoms with Crippen LogP contribution in [0.15, 0.2) is 59.1 Å². The minimum Gasteiger partial charge on any atom is -0.496 e. The molecular formula is C25H26N4O4S. The Balaban J connectivity index is 1.54. The van der Waals surface area contributed by atoms with Gasteiger partial charge in [0.1, 0.15) is 23.3 Å². The average molecular weight is 479 g/mol. The number of benzene rings is 1. The molecule has 1 saturated carbocycles. The van der Waals surface area contributed by atoms with E-state index in [0.29, 0.717) is 23.1 Å². The lowest BCUT2D eigenvalue weighted by Crippen LogP contribution is -2.40. The van der Waals surface area contributed by atoms with E-state index in [9.17, 15) is 10.1 Å². The van der Waals surface area contributed by atoms with E-state index in [1.807, 2.05) is 30.3 Å². The molecule has 1 aliphatic heterocycles. The predicted molar refractivity (Wildman–Crippen MR) is 132 cm³/mol. The van der Waals surface area contributed by atoms with Crippen molar-refractivity contribution >= 4 is 23.0 Å². The van der Waals surface area contributed by atoms with Gasteiger partial charge in [0.25, 0.3) is 5.69 Å². The van der Waals surface area contributed by atoms with Gasteiger partial charge in [-0.25, -0.2) is 0 Å². The number of nitro benzene ring substituents is 1. The van der Waals surface area contributed by atoms with Gasteiger partial charge < -0.3 is 19.4 Å². The molecule has 9 heteroatoms. The van der Waals surface area contributed by atoms with Crippen LogP contribution in [0.25, 0.3) is 11.3 Å². The van der Waals surface area contributed by atoms with Crippen LogP contribution in [0.1, 0.15) is 55.6 Å². The van der Waals surface area contributed by atoms with Crippen LogP contribution < -0.4 is 10.1 Å². The van der Waals surface area contributed by atoms with Gasteiger partial charge in [0.2, 0.25) is 0 Å². The molecule has 0 radical (unpaired) electrons. The lowest BCUT2D eigenvalue weighted by Gasteiger charge is -2.36. The normalized spacial score (nSPS) is 20.9. The Kier molecular flexibility index (Phi) is 6.19.